The van der Waals surface area contributed by atoms with Crippen LogP contribution in [0.4, 0.5) is 68.2 Å². The van der Waals surface area contributed by atoms with E-state index in [-0.39, 0.29) is 0 Å². The molecule has 0 saturated heterocycles. The molecule has 0 radical (unpaired) electrons. The number of hydrogen-bond donors (Lipinski definition) is 0. The highest BCUT2D eigenvalue weighted by atomic mass is 15.2. The first kappa shape index (κ1) is 98.4. The van der Waals surface area contributed by atoms with E-state index in [4.69, 9.17) is 0 Å². The molecule has 0 spiro atoms. The predicted octanol–water partition coefficient (Wildman–Crippen LogP) is 35.0. The molecule has 0 atom stereocenters. The maximum Gasteiger partial charge on any atom is 0.0532 e. The van der Waals surface area contributed by atoms with E-state index in [0.717, 1.165) is 83.5 Å². The van der Waals surface area contributed by atoms with Gasteiger partial charge in [-0.05, 0) is 197 Å². The molecule has 118 heavy (non-hydrogen) atoms. The van der Waals surface area contributed by atoms with Crippen molar-refractivity contribution in [3.8, 4) is 0 Å². The van der Waals surface area contributed by atoms with E-state index < -0.39 is 0 Å². The summed E-state index contributed by atoms with van der Waals surface area (Å²) in [4.78, 5) is 9.98. The number of para-hydroxylation sites is 7. The van der Waals surface area contributed by atoms with Crippen molar-refractivity contribution in [2.24, 2.45) is 0 Å². The van der Waals surface area contributed by atoms with E-state index in [1.54, 1.807) is 0 Å². The monoisotopic (exact) mass is 1580 g/mol. The molecular weight excluding hydrogens is 1430 g/mol. The largest absolute Gasteiger partial charge is 0.309 e. The molecule has 4 nitrogen and oxygen atoms in total. The Morgan fingerprint density at radius 3 is 0.508 bits per heavy atom. The Balaban J connectivity index is 0.000000258. The molecule has 628 valence electrons. The second kappa shape index (κ2) is 51.2. The molecular formula is C114H152N4. The molecule has 0 aliphatic carbocycles. The molecule has 0 aromatic heterocycles. The van der Waals surface area contributed by atoms with Crippen LogP contribution < -0.4 is 19.6 Å². The lowest BCUT2D eigenvalue weighted by Crippen LogP contribution is -2.24. The highest BCUT2D eigenvalue weighted by Crippen LogP contribution is 2.55. The average Bonchev–Trinajstić information content (AvgIpc) is 0.742. The molecule has 0 amide bonds. The molecule has 4 heteroatoms. The number of fused-ring (bicyclic) bond motifs is 16. The quantitative estimate of drug-likeness (QED) is 0.170. The SMILES string of the molecule is CC.CC.CC.CC.CC.CC.CC.CC.CC.CC.CC.CC.CCc1cc2c3c(c1)Cc1ccccc1N3c1ccccc1C2.CCc1ccc2c(c1)Cc1cccc3c1N2c1ccc(CC)cc1C3.CCc1ccc2c(c1)Cc1cccc3c1N2c1ccccc1C3.CCc1ccc2c(c1)Cc1cccc3c1N2c1ccccc1C3. The van der Waals surface area contributed by atoms with Crippen molar-refractivity contribution in [2.45, 2.75) is 284 Å². The van der Waals surface area contributed by atoms with Crippen molar-refractivity contribution in [3.63, 3.8) is 0 Å². The normalized spacial score (nSPS) is 11.8. The van der Waals surface area contributed by atoms with E-state index in [2.05, 4.69) is 291 Å². The third-order valence-corrected chi connectivity index (χ3v) is 21.4. The van der Waals surface area contributed by atoms with Gasteiger partial charge in [0.15, 0.2) is 0 Å². The highest BCUT2D eigenvalue weighted by Gasteiger charge is 2.36. The van der Waals surface area contributed by atoms with Crippen LogP contribution in [0.15, 0.2) is 237 Å². The van der Waals surface area contributed by atoms with Gasteiger partial charge < -0.3 is 19.6 Å². The summed E-state index contributed by atoms with van der Waals surface area (Å²) in [6.07, 6.45) is 13.8. The van der Waals surface area contributed by atoms with Gasteiger partial charge in [-0.2, -0.15) is 0 Å². The fourth-order valence-electron chi connectivity index (χ4n) is 16.8. The van der Waals surface area contributed by atoms with E-state index in [0.29, 0.717) is 0 Å². The zero-order valence-corrected chi connectivity index (χ0v) is 79.0. The van der Waals surface area contributed by atoms with Crippen molar-refractivity contribution in [1.82, 2.24) is 0 Å². The van der Waals surface area contributed by atoms with Gasteiger partial charge in [-0.15, -0.1) is 0 Å². The van der Waals surface area contributed by atoms with Crippen molar-refractivity contribution in [2.75, 3.05) is 19.6 Å². The van der Waals surface area contributed by atoms with E-state index in [9.17, 15) is 0 Å². The molecule has 0 saturated carbocycles. The first-order chi connectivity index (χ1) is 58.3. The molecule has 0 N–H and O–H groups in total. The van der Waals surface area contributed by atoms with Crippen LogP contribution in [0.1, 0.15) is 318 Å². The number of benzene rings is 12. The lowest BCUT2D eigenvalue weighted by atomic mass is 9.85. The third kappa shape index (κ3) is 21.3. The number of hydrogen-bond acceptors (Lipinski definition) is 4. The van der Waals surface area contributed by atoms with Gasteiger partial charge in [0.25, 0.3) is 0 Å². The lowest BCUT2D eigenvalue weighted by molar-refractivity contribution is 0.992. The molecule has 12 aromatic rings. The molecule has 12 aromatic carbocycles. The summed E-state index contributed by atoms with van der Waals surface area (Å²) in [5, 5.41) is 0. The molecule has 20 rings (SSSR count). The van der Waals surface area contributed by atoms with E-state index >= 15 is 0 Å². The van der Waals surface area contributed by atoms with Gasteiger partial charge in [-0.3, -0.25) is 0 Å². The van der Waals surface area contributed by atoms with Crippen LogP contribution in [0.25, 0.3) is 0 Å². The Bertz CT molecular complexity index is 4690. The molecule has 8 aliphatic rings. The van der Waals surface area contributed by atoms with Gasteiger partial charge in [0, 0.05) is 96.9 Å². The third-order valence-electron chi connectivity index (χ3n) is 21.4. The second-order valence-electron chi connectivity index (χ2n) is 26.9. The maximum atomic E-state index is 2.52. The van der Waals surface area contributed by atoms with Crippen LogP contribution in [0, 0.1) is 0 Å². The topological polar surface area (TPSA) is 13.0 Å². The Kier molecular flexibility index (Phi) is 42.7. The minimum Gasteiger partial charge on any atom is -0.309 e. The minimum atomic E-state index is 1.04. The lowest BCUT2D eigenvalue weighted by Gasteiger charge is -2.39. The molecule has 0 unspecified atom stereocenters. The fraction of sp³-hybridized carbons (Fsp3) is 0.368. The van der Waals surface area contributed by atoms with Crippen LogP contribution >= 0.6 is 0 Å². The summed E-state index contributed by atoms with van der Waals surface area (Å²) in [6, 6.07) is 88.6. The van der Waals surface area contributed by atoms with Gasteiger partial charge in [0.1, 0.15) is 0 Å². The molecule has 0 bridgehead atoms. The molecule has 0 fully saturated rings. The number of aryl methyl sites for hydroxylation is 5. The van der Waals surface area contributed by atoms with Crippen LogP contribution in [0.2, 0.25) is 0 Å². The summed E-state index contributed by atoms with van der Waals surface area (Å²) < 4.78 is 0. The summed E-state index contributed by atoms with van der Waals surface area (Å²) in [5.41, 5.74) is 46.9. The van der Waals surface area contributed by atoms with Crippen LogP contribution in [0.5, 0.6) is 0 Å². The van der Waals surface area contributed by atoms with E-state index in [1.807, 2.05) is 166 Å². The molecule has 8 heterocycles. The van der Waals surface area contributed by atoms with Gasteiger partial charge in [0.05, 0.1) is 22.7 Å². The van der Waals surface area contributed by atoms with Gasteiger partial charge in [-0.1, -0.05) is 389 Å². The van der Waals surface area contributed by atoms with Crippen molar-refractivity contribution < 1.29 is 0 Å². The summed E-state index contributed by atoms with van der Waals surface area (Å²) >= 11 is 0. The maximum absolute atomic E-state index is 2.52. The Hall–Kier alpha value is -10.2. The van der Waals surface area contributed by atoms with Crippen LogP contribution in [-0.2, 0) is 83.5 Å². The van der Waals surface area contributed by atoms with Crippen molar-refractivity contribution in [3.05, 3.63) is 353 Å². The van der Waals surface area contributed by atoms with Gasteiger partial charge >= 0.3 is 0 Å². The second-order valence-corrected chi connectivity index (χ2v) is 26.9. The number of rotatable bonds is 5. The van der Waals surface area contributed by atoms with Crippen LogP contribution in [-0.4, -0.2) is 0 Å². The number of nitrogens with zero attached hydrogens (tertiary/aromatic N) is 4. The smallest absolute Gasteiger partial charge is 0.0532 e. The first-order valence-corrected chi connectivity index (χ1v) is 46.8. The average molecular weight is 1580 g/mol. The Morgan fingerprint density at radius 1 is 0.153 bits per heavy atom. The first-order valence-electron chi connectivity index (χ1n) is 46.8. The zero-order chi connectivity index (χ0) is 87.1. The zero-order valence-electron chi connectivity index (χ0n) is 79.0. The molecule has 8 aliphatic heterocycles. The highest BCUT2D eigenvalue weighted by molar-refractivity contribution is 5.93. The summed E-state index contributed by atoms with van der Waals surface area (Å²) in [7, 11) is 0. The van der Waals surface area contributed by atoms with Crippen LogP contribution in [0.3, 0.4) is 0 Å². The minimum absolute atomic E-state index is 1.04. The Labute approximate surface area is 720 Å². The van der Waals surface area contributed by atoms with E-state index in [1.165, 1.54) is 185 Å². The Morgan fingerprint density at radius 2 is 0.305 bits per heavy atom. The summed E-state index contributed by atoms with van der Waals surface area (Å²) in [5.74, 6) is 0. The van der Waals surface area contributed by atoms with Crippen molar-refractivity contribution in [1.29, 1.82) is 0 Å². The standard InChI is InChI=1S/C24H23N.3C22H19N.12C2H6/c1-3-16-8-10-22-20(12-16)14-18-6-5-7-19-15-21-13-17(4-2)9-11-23(21)25(22)24(18)19;1-2-15-11-18-13-16-7-3-5-9-20(16)23-21-10-6-4-8-17(21)14-19(12-15)22(18)23;2*1-2-15-10-11-21-19(12-15)14-18-8-5-7-17-13-16-6-3-4-9-20(16)23(21)22(17)18;12*1-2/h5-13H,3-4,14-15H2,1-2H3;3*3-12H,2,13-14H2,1H3;12*1-2H3. The fourth-order valence-corrected chi connectivity index (χ4v) is 16.8. The van der Waals surface area contributed by atoms with Crippen molar-refractivity contribution >= 4 is 68.2 Å². The predicted molar refractivity (Wildman–Crippen MR) is 530 cm³/mol. The van der Waals surface area contributed by atoms with Gasteiger partial charge in [-0.25, -0.2) is 0 Å². The van der Waals surface area contributed by atoms with Gasteiger partial charge in [0.2, 0.25) is 0 Å². The number of anilines is 12. The summed E-state index contributed by atoms with van der Waals surface area (Å²) in [6.45, 7) is 59.2.